The number of aryl methyl sites for hydroxylation is 1. The Morgan fingerprint density at radius 2 is 2.00 bits per heavy atom. The summed E-state index contributed by atoms with van der Waals surface area (Å²) in [7, 11) is 0. The van der Waals surface area contributed by atoms with Gasteiger partial charge < -0.3 is 10.1 Å². The van der Waals surface area contributed by atoms with Gasteiger partial charge in [-0.3, -0.25) is 19.7 Å². The van der Waals surface area contributed by atoms with Crippen LogP contribution in [-0.4, -0.2) is 33.3 Å². The number of hydrogen-bond donors (Lipinski definition) is 1. The monoisotopic (exact) mass is 611 g/mol. The average Bonchev–Trinajstić information content (AvgIpc) is 2.91. The van der Waals surface area contributed by atoms with Crippen LogP contribution in [0.25, 0.3) is 10.9 Å². The predicted octanol–water partition coefficient (Wildman–Crippen LogP) is 5.96. The summed E-state index contributed by atoms with van der Waals surface area (Å²) in [6.07, 6.45) is 3.39. The number of carbonyl (C=O) groups excluding carboxylic acids is 1. The van der Waals surface area contributed by atoms with Crippen molar-refractivity contribution < 1.29 is 14.5 Å². The molecule has 0 saturated carbocycles. The molecule has 0 aliphatic heterocycles. The summed E-state index contributed by atoms with van der Waals surface area (Å²) in [4.78, 5) is 41.6. The topological polar surface area (TPSA) is 129 Å². The maximum absolute atomic E-state index is 13.4. The van der Waals surface area contributed by atoms with Crippen LogP contribution in [0.2, 0.25) is 5.02 Å². The molecule has 39 heavy (non-hydrogen) atoms. The number of carbonyl (C=O) groups is 1. The normalized spacial score (nSPS) is 11.2. The van der Waals surface area contributed by atoms with Crippen LogP contribution < -0.4 is 15.6 Å². The minimum atomic E-state index is -0.665. The Hall–Kier alpha value is -4.09. The number of nitro benzene ring substituents is 1. The SMILES string of the molecule is CCCCc1nc2ccc(Br)cc2c(=O)n1N=Cc1cc(Cl)cc([N+](=O)[O-])c1OCC(=O)Nc1ccccc1. The van der Waals surface area contributed by atoms with E-state index in [1.807, 2.05) is 6.92 Å². The lowest BCUT2D eigenvalue weighted by atomic mass is 10.2. The Morgan fingerprint density at radius 3 is 2.72 bits per heavy atom. The van der Waals surface area contributed by atoms with Crippen LogP contribution in [-0.2, 0) is 11.2 Å². The molecule has 4 aromatic rings. The number of nitro groups is 1. The molecule has 0 atom stereocenters. The van der Waals surface area contributed by atoms with Crippen molar-refractivity contribution in [3.8, 4) is 5.75 Å². The third-order valence-corrected chi connectivity index (χ3v) is 6.32. The highest BCUT2D eigenvalue weighted by molar-refractivity contribution is 9.10. The first-order chi connectivity index (χ1) is 18.8. The molecular formula is C27H23BrClN5O5. The fourth-order valence-electron chi connectivity index (χ4n) is 3.78. The quantitative estimate of drug-likeness (QED) is 0.134. The first-order valence-electron chi connectivity index (χ1n) is 12.0. The Labute approximate surface area is 236 Å². The summed E-state index contributed by atoms with van der Waals surface area (Å²) >= 11 is 9.53. The zero-order chi connectivity index (χ0) is 27.9. The van der Waals surface area contributed by atoms with E-state index in [9.17, 15) is 19.7 Å². The van der Waals surface area contributed by atoms with Gasteiger partial charge >= 0.3 is 5.69 Å². The van der Waals surface area contributed by atoms with Crippen LogP contribution in [0.1, 0.15) is 31.2 Å². The molecule has 0 bridgehead atoms. The molecule has 3 aromatic carbocycles. The molecule has 10 nitrogen and oxygen atoms in total. The Bertz CT molecular complexity index is 1620. The van der Waals surface area contributed by atoms with Crippen LogP contribution in [0.5, 0.6) is 5.75 Å². The van der Waals surface area contributed by atoms with Gasteiger partial charge in [-0.15, -0.1) is 0 Å². The lowest BCUT2D eigenvalue weighted by molar-refractivity contribution is -0.385. The summed E-state index contributed by atoms with van der Waals surface area (Å²) in [5.74, 6) is -0.291. The third kappa shape index (κ3) is 6.87. The second kappa shape index (κ2) is 12.6. The van der Waals surface area contributed by atoms with Crippen molar-refractivity contribution in [3.05, 3.63) is 102 Å². The smallest absolute Gasteiger partial charge is 0.313 e. The van der Waals surface area contributed by atoms with Crippen LogP contribution in [0.15, 0.2) is 75.0 Å². The maximum atomic E-state index is 13.4. The number of rotatable bonds is 10. The summed E-state index contributed by atoms with van der Waals surface area (Å²) in [5, 5.41) is 19.2. The number of fused-ring (bicyclic) bond motifs is 1. The summed E-state index contributed by atoms with van der Waals surface area (Å²) in [5.41, 5.74) is 0.352. The molecule has 12 heteroatoms. The number of hydrogen-bond acceptors (Lipinski definition) is 7. The van der Waals surface area contributed by atoms with Crippen LogP contribution in [0.4, 0.5) is 11.4 Å². The summed E-state index contributed by atoms with van der Waals surface area (Å²) in [6, 6.07) is 16.4. The van der Waals surface area contributed by atoms with Gasteiger partial charge in [0.05, 0.1) is 22.0 Å². The highest BCUT2D eigenvalue weighted by Crippen LogP contribution is 2.34. The Balaban J connectivity index is 1.73. The Kier molecular flexibility index (Phi) is 9.05. The number of amides is 1. The van der Waals surface area contributed by atoms with E-state index in [1.54, 1.807) is 48.5 Å². The fraction of sp³-hybridized carbons (Fsp3) is 0.185. The predicted molar refractivity (Wildman–Crippen MR) is 154 cm³/mol. The zero-order valence-corrected chi connectivity index (χ0v) is 23.1. The minimum Gasteiger partial charge on any atom is -0.476 e. The van der Waals surface area contributed by atoms with Crippen molar-refractivity contribution in [2.75, 3.05) is 11.9 Å². The van der Waals surface area contributed by atoms with Gasteiger partial charge in [0, 0.05) is 33.2 Å². The number of halogens is 2. The summed E-state index contributed by atoms with van der Waals surface area (Å²) < 4.78 is 7.48. The van der Waals surface area contributed by atoms with Gasteiger partial charge in [0.2, 0.25) is 5.75 Å². The van der Waals surface area contributed by atoms with Crippen LogP contribution >= 0.6 is 27.5 Å². The standard InChI is InChI=1S/C27H23BrClN5O5/c1-2-3-9-24-32-22-11-10-18(28)13-21(22)27(36)33(24)30-15-17-12-19(29)14-23(34(37)38)26(17)39-16-25(35)31-20-7-5-4-6-8-20/h4-8,10-15H,2-3,9,16H2,1H3,(H,31,35). The number of benzene rings is 3. The van der Waals surface area contributed by atoms with E-state index >= 15 is 0 Å². The molecular weight excluding hydrogens is 590 g/mol. The van der Waals surface area contributed by atoms with E-state index in [0.717, 1.165) is 18.9 Å². The highest BCUT2D eigenvalue weighted by Gasteiger charge is 2.22. The fourth-order valence-corrected chi connectivity index (χ4v) is 4.36. The summed E-state index contributed by atoms with van der Waals surface area (Å²) in [6.45, 7) is 1.51. The Morgan fingerprint density at radius 1 is 1.23 bits per heavy atom. The number of para-hydroxylation sites is 1. The molecule has 0 radical (unpaired) electrons. The molecule has 1 amide bonds. The molecule has 1 aromatic heterocycles. The molecule has 0 unspecified atom stereocenters. The second-order valence-electron chi connectivity index (χ2n) is 8.46. The van der Waals surface area contributed by atoms with Gasteiger partial charge in [0.15, 0.2) is 6.61 Å². The number of nitrogens with zero attached hydrogens (tertiary/aromatic N) is 4. The van der Waals surface area contributed by atoms with Crippen molar-refractivity contribution in [2.45, 2.75) is 26.2 Å². The molecule has 4 rings (SSSR count). The highest BCUT2D eigenvalue weighted by atomic mass is 79.9. The second-order valence-corrected chi connectivity index (χ2v) is 9.81. The molecule has 0 spiro atoms. The third-order valence-electron chi connectivity index (χ3n) is 5.61. The number of unbranched alkanes of at least 4 members (excludes halogenated alkanes) is 1. The largest absolute Gasteiger partial charge is 0.476 e. The van der Waals surface area contributed by atoms with Crippen molar-refractivity contribution >= 4 is 61.9 Å². The van der Waals surface area contributed by atoms with E-state index in [1.165, 1.54) is 17.0 Å². The van der Waals surface area contributed by atoms with Crippen molar-refractivity contribution in [3.63, 3.8) is 0 Å². The zero-order valence-electron chi connectivity index (χ0n) is 20.8. The molecule has 0 aliphatic carbocycles. The van der Waals surface area contributed by atoms with Crippen molar-refractivity contribution in [1.29, 1.82) is 0 Å². The maximum Gasteiger partial charge on any atom is 0.313 e. The van der Waals surface area contributed by atoms with Gasteiger partial charge in [-0.1, -0.05) is 59.1 Å². The molecule has 0 saturated heterocycles. The van der Waals surface area contributed by atoms with Gasteiger partial charge in [-0.05, 0) is 42.8 Å². The molecule has 1 heterocycles. The first kappa shape index (κ1) is 27.9. The number of anilines is 1. The first-order valence-corrected chi connectivity index (χ1v) is 13.1. The molecule has 200 valence electrons. The van der Waals surface area contributed by atoms with Gasteiger partial charge in [-0.25, -0.2) is 4.98 Å². The number of aromatic nitrogens is 2. The van der Waals surface area contributed by atoms with Crippen molar-refractivity contribution in [2.24, 2.45) is 5.10 Å². The van der Waals surface area contributed by atoms with Gasteiger partial charge in [0.25, 0.3) is 11.5 Å². The molecule has 0 aliphatic rings. The lowest BCUT2D eigenvalue weighted by Crippen LogP contribution is -2.23. The minimum absolute atomic E-state index is 0.0587. The van der Waals surface area contributed by atoms with E-state index < -0.39 is 28.7 Å². The van der Waals surface area contributed by atoms with Gasteiger partial charge in [0.1, 0.15) is 5.82 Å². The van der Waals surface area contributed by atoms with E-state index in [4.69, 9.17) is 16.3 Å². The number of ether oxygens (including phenoxy) is 1. The van der Waals surface area contributed by atoms with E-state index in [-0.39, 0.29) is 16.3 Å². The lowest BCUT2D eigenvalue weighted by Gasteiger charge is -2.12. The molecule has 0 fully saturated rings. The number of nitrogens with one attached hydrogen (secondary N) is 1. The average molecular weight is 613 g/mol. The van der Waals surface area contributed by atoms with E-state index in [0.29, 0.717) is 33.3 Å². The van der Waals surface area contributed by atoms with Crippen LogP contribution in [0.3, 0.4) is 0 Å². The van der Waals surface area contributed by atoms with Gasteiger partial charge in [-0.2, -0.15) is 9.78 Å². The van der Waals surface area contributed by atoms with Crippen molar-refractivity contribution in [1.82, 2.24) is 9.66 Å². The molecule has 1 N–H and O–H groups in total. The van der Waals surface area contributed by atoms with E-state index in [2.05, 4.69) is 31.3 Å². The van der Waals surface area contributed by atoms with Crippen LogP contribution in [0, 0.1) is 10.1 Å².